The third-order valence-electron chi connectivity index (χ3n) is 10.9. The van der Waals surface area contributed by atoms with Gasteiger partial charge in [0.1, 0.15) is 47.8 Å². The highest BCUT2D eigenvalue weighted by molar-refractivity contribution is 5.98. The summed E-state index contributed by atoms with van der Waals surface area (Å²) >= 11 is 0. The number of hydrogen-bond acceptors (Lipinski definition) is 14. The number of primary amides is 2. The lowest BCUT2D eigenvalue weighted by Crippen LogP contribution is -2.60. The maximum absolute atomic E-state index is 14.1. The van der Waals surface area contributed by atoms with Gasteiger partial charge in [0.05, 0.1) is 19.0 Å². The SMILES string of the molecule is CC(C)C(NC(=O)C(CC(N)=O)NC(=O)C(N)Cc1ccc(O)cc1)C(=O)N1CCCC1C(=O)NC(CCC(=O)O)C(=O)NCC(=O)NC(Cc1ccc(O)cc1)C(=O)NC(CCC(N)=O)C(=O)O. The van der Waals surface area contributed by atoms with Crippen molar-refractivity contribution in [3.05, 3.63) is 59.7 Å². The molecule has 3 rings (SSSR count). The number of nitrogens with zero attached hydrogens (tertiary/aromatic N) is 1. The van der Waals surface area contributed by atoms with Crippen LogP contribution < -0.4 is 49.1 Å². The van der Waals surface area contributed by atoms with E-state index in [9.17, 15) is 73.2 Å². The highest BCUT2D eigenvalue weighted by Gasteiger charge is 2.41. The summed E-state index contributed by atoms with van der Waals surface area (Å²) in [6.45, 7) is 2.38. The molecule has 25 heteroatoms. The lowest BCUT2D eigenvalue weighted by Gasteiger charge is -2.32. The maximum Gasteiger partial charge on any atom is 0.326 e. The standard InChI is InChI=1S/C44H60N10O15/c1-22(2)37(53-41(65)31(20-34(47)58)52-38(62)27(45)18-23-5-9-25(55)10-6-23)43(67)54-17-3-4-32(54)42(66)50-28(14-16-36(60)61)39(63)48-21-35(59)49-30(19-24-7-11-26(56)12-8-24)40(64)51-29(44(68)69)13-15-33(46)57/h5-12,22,27-32,37,55-56H,3-4,13-21,45H2,1-2H3,(H2,46,57)(H2,47,58)(H,48,63)(H,49,59)(H,50,66)(H,51,64)(H,52,62)(H,53,65)(H,60,61)(H,68,69). The minimum absolute atomic E-state index is 0.000799. The number of carboxylic acids is 2. The second kappa shape index (κ2) is 26.5. The Morgan fingerprint density at radius 2 is 1.20 bits per heavy atom. The van der Waals surface area contributed by atoms with Gasteiger partial charge in [0.15, 0.2) is 0 Å². The number of nitrogens with two attached hydrogens (primary N) is 3. The van der Waals surface area contributed by atoms with Crippen LogP contribution in [0.2, 0.25) is 0 Å². The Labute approximate surface area is 395 Å². The molecular weight excluding hydrogens is 909 g/mol. The molecular formula is C44H60N10O15. The van der Waals surface area contributed by atoms with Gasteiger partial charge in [0, 0.05) is 25.8 Å². The van der Waals surface area contributed by atoms with Gasteiger partial charge in [-0.15, -0.1) is 0 Å². The number of phenols is 2. The minimum atomic E-state index is -1.57. The molecule has 1 fully saturated rings. The van der Waals surface area contributed by atoms with Crippen LogP contribution in [0, 0.1) is 5.92 Å². The number of aromatic hydroxyl groups is 2. The van der Waals surface area contributed by atoms with Crippen LogP contribution in [0.15, 0.2) is 48.5 Å². The van der Waals surface area contributed by atoms with E-state index >= 15 is 0 Å². The quantitative estimate of drug-likeness (QED) is 0.0413. The first-order valence-electron chi connectivity index (χ1n) is 21.9. The molecule has 9 amide bonds. The summed E-state index contributed by atoms with van der Waals surface area (Å²) < 4.78 is 0. The van der Waals surface area contributed by atoms with Crippen LogP contribution in [0.25, 0.3) is 0 Å². The Hall–Kier alpha value is -7.83. The molecule has 1 aliphatic heterocycles. The molecule has 69 heavy (non-hydrogen) atoms. The number of carbonyl (C=O) groups is 11. The average Bonchev–Trinajstić information content (AvgIpc) is 3.78. The Bertz CT molecular complexity index is 2210. The van der Waals surface area contributed by atoms with Crippen molar-refractivity contribution in [1.29, 1.82) is 0 Å². The van der Waals surface area contributed by atoms with Crippen molar-refractivity contribution < 1.29 is 73.2 Å². The highest BCUT2D eigenvalue weighted by Crippen LogP contribution is 2.21. The highest BCUT2D eigenvalue weighted by atomic mass is 16.4. The number of carboxylic acid groups (broad SMARTS) is 2. The molecule has 2 aromatic carbocycles. The smallest absolute Gasteiger partial charge is 0.326 e. The van der Waals surface area contributed by atoms with Crippen LogP contribution >= 0.6 is 0 Å². The maximum atomic E-state index is 14.1. The van der Waals surface area contributed by atoms with E-state index in [1.54, 1.807) is 26.0 Å². The molecule has 1 saturated heterocycles. The van der Waals surface area contributed by atoms with E-state index in [4.69, 9.17) is 17.2 Å². The van der Waals surface area contributed by atoms with Gasteiger partial charge in [-0.2, -0.15) is 0 Å². The normalized spacial score (nSPS) is 15.8. The van der Waals surface area contributed by atoms with E-state index in [0.29, 0.717) is 17.5 Å². The summed E-state index contributed by atoms with van der Waals surface area (Å²) in [5, 5.41) is 52.5. The van der Waals surface area contributed by atoms with Crippen LogP contribution in [0.1, 0.15) is 69.9 Å². The molecule has 376 valence electrons. The predicted molar refractivity (Wildman–Crippen MR) is 241 cm³/mol. The van der Waals surface area contributed by atoms with E-state index < -0.39 is 139 Å². The fourth-order valence-corrected chi connectivity index (χ4v) is 7.15. The first-order valence-corrected chi connectivity index (χ1v) is 21.9. The number of likely N-dealkylation sites (tertiary alicyclic amines) is 1. The number of hydrogen-bond donors (Lipinski definition) is 13. The van der Waals surface area contributed by atoms with Crippen molar-refractivity contribution in [3.8, 4) is 11.5 Å². The van der Waals surface area contributed by atoms with Crippen LogP contribution in [-0.2, 0) is 65.6 Å². The number of amides is 9. The number of nitrogens with one attached hydrogen (secondary N) is 6. The number of rotatable bonds is 27. The molecule has 0 radical (unpaired) electrons. The topological polar surface area (TPSA) is 422 Å². The summed E-state index contributed by atoms with van der Waals surface area (Å²) in [5.74, 6) is -11.7. The molecule has 0 aliphatic carbocycles. The Morgan fingerprint density at radius 3 is 1.74 bits per heavy atom. The molecule has 1 heterocycles. The average molecular weight is 969 g/mol. The Kier molecular flexibility index (Phi) is 21.3. The van der Waals surface area contributed by atoms with Gasteiger partial charge in [-0.1, -0.05) is 38.1 Å². The zero-order valence-corrected chi connectivity index (χ0v) is 38.0. The van der Waals surface area contributed by atoms with Gasteiger partial charge < -0.3 is 74.4 Å². The molecule has 0 saturated carbocycles. The second-order valence-corrected chi connectivity index (χ2v) is 16.7. The second-order valence-electron chi connectivity index (χ2n) is 16.7. The monoisotopic (exact) mass is 968 g/mol. The molecule has 0 aromatic heterocycles. The molecule has 1 aliphatic rings. The summed E-state index contributed by atoms with van der Waals surface area (Å²) in [6.07, 6.45) is -2.36. The van der Waals surface area contributed by atoms with E-state index in [1.165, 1.54) is 36.4 Å². The van der Waals surface area contributed by atoms with Crippen molar-refractivity contribution in [2.75, 3.05) is 13.1 Å². The molecule has 7 atom stereocenters. The summed E-state index contributed by atoms with van der Waals surface area (Å²) in [5.41, 5.74) is 17.6. The first kappa shape index (κ1) is 55.5. The molecule has 0 spiro atoms. The Morgan fingerprint density at radius 1 is 0.652 bits per heavy atom. The van der Waals surface area contributed by atoms with Crippen LogP contribution in [-0.4, -0.2) is 146 Å². The van der Waals surface area contributed by atoms with Crippen molar-refractivity contribution >= 4 is 65.1 Å². The van der Waals surface area contributed by atoms with Gasteiger partial charge in [-0.05, 0) is 73.4 Å². The number of carbonyl (C=O) groups excluding carboxylic acids is 9. The molecule has 7 unspecified atom stereocenters. The lowest BCUT2D eigenvalue weighted by molar-refractivity contribution is -0.143. The number of phenolic OH excluding ortho intramolecular Hbond substituents is 2. The van der Waals surface area contributed by atoms with Crippen LogP contribution in [0.5, 0.6) is 11.5 Å². The molecule has 0 bridgehead atoms. The number of benzene rings is 2. The zero-order valence-electron chi connectivity index (χ0n) is 38.0. The first-order chi connectivity index (χ1) is 32.4. The van der Waals surface area contributed by atoms with Gasteiger partial charge in [0.2, 0.25) is 53.2 Å². The number of aliphatic carboxylic acids is 2. The van der Waals surface area contributed by atoms with Gasteiger partial charge >= 0.3 is 11.9 Å². The lowest BCUT2D eigenvalue weighted by atomic mass is 10.0. The molecule has 25 nitrogen and oxygen atoms in total. The fourth-order valence-electron chi connectivity index (χ4n) is 7.15. The third-order valence-corrected chi connectivity index (χ3v) is 10.9. The summed E-state index contributed by atoms with van der Waals surface area (Å²) in [7, 11) is 0. The largest absolute Gasteiger partial charge is 0.508 e. The van der Waals surface area contributed by atoms with E-state index in [0.717, 1.165) is 4.90 Å². The van der Waals surface area contributed by atoms with Gasteiger partial charge in [-0.25, -0.2) is 4.79 Å². The van der Waals surface area contributed by atoms with Crippen molar-refractivity contribution in [2.45, 2.75) is 114 Å². The van der Waals surface area contributed by atoms with Crippen molar-refractivity contribution in [1.82, 2.24) is 36.8 Å². The van der Waals surface area contributed by atoms with E-state index in [1.807, 2.05) is 0 Å². The van der Waals surface area contributed by atoms with Crippen molar-refractivity contribution in [2.24, 2.45) is 23.1 Å². The van der Waals surface area contributed by atoms with E-state index in [2.05, 4.69) is 31.9 Å². The third kappa shape index (κ3) is 18.4. The van der Waals surface area contributed by atoms with Gasteiger partial charge in [0.25, 0.3) is 0 Å². The molecule has 16 N–H and O–H groups in total. The predicted octanol–water partition coefficient (Wildman–Crippen LogP) is -3.51. The van der Waals surface area contributed by atoms with E-state index in [-0.39, 0.29) is 50.1 Å². The zero-order chi connectivity index (χ0) is 51.5. The Balaban J connectivity index is 1.72. The summed E-state index contributed by atoms with van der Waals surface area (Å²) in [4.78, 5) is 142. The fraction of sp³-hybridized carbons (Fsp3) is 0.477. The molecule has 2 aromatic rings. The summed E-state index contributed by atoms with van der Waals surface area (Å²) in [6, 6.07) is 1.44. The van der Waals surface area contributed by atoms with Crippen molar-refractivity contribution in [3.63, 3.8) is 0 Å². The minimum Gasteiger partial charge on any atom is -0.508 e. The van der Waals surface area contributed by atoms with Gasteiger partial charge in [-0.3, -0.25) is 47.9 Å². The van der Waals surface area contributed by atoms with Crippen LogP contribution in [0.4, 0.5) is 0 Å². The van der Waals surface area contributed by atoms with Crippen LogP contribution in [0.3, 0.4) is 0 Å².